The Hall–Kier alpha value is -1.71. The van der Waals surface area contributed by atoms with Crippen LogP contribution in [0.3, 0.4) is 0 Å². The SMILES string of the molecule is CCOc1ccc(CCC(=O)N(CC)CC)cc1N. The first-order valence-electron chi connectivity index (χ1n) is 6.91. The zero-order valence-electron chi connectivity index (χ0n) is 12.1. The van der Waals surface area contributed by atoms with Crippen molar-refractivity contribution in [2.75, 3.05) is 25.4 Å². The van der Waals surface area contributed by atoms with Crippen LogP contribution in [0, 0.1) is 0 Å². The Bertz CT molecular complexity index is 415. The highest BCUT2D eigenvalue weighted by atomic mass is 16.5. The lowest BCUT2D eigenvalue weighted by molar-refractivity contribution is -0.130. The Morgan fingerprint density at radius 1 is 1.26 bits per heavy atom. The molecule has 1 amide bonds. The van der Waals surface area contributed by atoms with Crippen molar-refractivity contribution >= 4 is 11.6 Å². The van der Waals surface area contributed by atoms with Gasteiger partial charge in [-0.1, -0.05) is 6.07 Å². The lowest BCUT2D eigenvalue weighted by Gasteiger charge is -2.18. The number of nitrogen functional groups attached to an aromatic ring is 1. The van der Waals surface area contributed by atoms with E-state index in [1.165, 1.54) is 0 Å². The molecule has 4 nitrogen and oxygen atoms in total. The largest absolute Gasteiger partial charge is 0.492 e. The average molecular weight is 264 g/mol. The van der Waals surface area contributed by atoms with Crippen molar-refractivity contribution in [3.63, 3.8) is 0 Å². The first-order valence-corrected chi connectivity index (χ1v) is 6.91. The second kappa shape index (κ2) is 7.67. The first kappa shape index (κ1) is 15.3. The van der Waals surface area contributed by atoms with Crippen molar-refractivity contribution in [2.45, 2.75) is 33.6 Å². The molecule has 106 valence electrons. The molecule has 1 aromatic carbocycles. The van der Waals surface area contributed by atoms with Gasteiger partial charge < -0.3 is 15.4 Å². The topological polar surface area (TPSA) is 55.6 Å². The molecule has 0 bridgehead atoms. The minimum Gasteiger partial charge on any atom is -0.492 e. The van der Waals surface area contributed by atoms with Crippen LogP contribution in [0.1, 0.15) is 32.8 Å². The van der Waals surface area contributed by atoms with E-state index in [1.54, 1.807) is 0 Å². The van der Waals surface area contributed by atoms with Crippen LogP contribution in [0.2, 0.25) is 0 Å². The monoisotopic (exact) mass is 264 g/mol. The highest BCUT2D eigenvalue weighted by Gasteiger charge is 2.10. The van der Waals surface area contributed by atoms with E-state index >= 15 is 0 Å². The van der Waals surface area contributed by atoms with Crippen molar-refractivity contribution in [3.05, 3.63) is 23.8 Å². The van der Waals surface area contributed by atoms with Crippen molar-refractivity contribution in [1.29, 1.82) is 0 Å². The van der Waals surface area contributed by atoms with Crippen LogP contribution in [-0.4, -0.2) is 30.5 Å². The molecule has 0 heterocycles. The third-order valence-electron chi connectivity index (χ3n) is 3.12. The van der Waals surface area contributed by atoms with Gasteiger partial charge in [0.05, 0.1) is 12.3 Å². The summed E-state index contributed by atoms with van der Waals surface area (Å²) >= 11 is 0. The van der Waals surface area contributed by atoms with Gasteiger partial charge in [0, 0.05) is 19.5 Å². The van der Waals surface area contributed by atoms with Crippen LogP contribution in [0.25, 0.3) is 0 Å². The van der Waals surface area contributed by atoms with E-state index in [0.717, 1.165) is 18.7 Å². The zero-order valence-corrected chi connectivity index (χ0v) is 12.1. The normalized spacial score (nSPS) is 10.3. The number of nitrogens with two attached hydrogens (primary N) is 1. The molecule has 0 atom stereocenters. The Kier molecular flexibility index (Phi) is 6.19. The molecule has 0 radical (unpaired) electrons. The van der Waals surface area contributed by atoms with Gasteiger partial charge in [-0.2, -0.15) is 0 Å². The van der Waals surface area contributed by atoms with Gasteiger partial charge in [-0.05, 0) is 44.9 Å². The van der Waals surface area contributed by atoms with E-state index in [1.807, 2.05) is 43.9 Å². The molecule has 2 N–H and O–H groups in total. The lowest BCUT2D eigenvalue weighted by atomic mass is 10.1. The number of benzene rings is 1. The number of rotatable bonds is 7. The standard InChI is InChI=1S/C15H24N2O2/c1-4-17(5-2)15(18)10-8-12-7-9-14(19-6-3)13(16)11-12/h7,9,11H,4-6,8,10,16H2,1-3H3. The van der Waals surface area contributed by atoms with Crippen molar-refractivity contribution in [2.24, 2.45) is 0 Å². The average Bonchev–Trinajstić information content (AvgIpc) is 2.41. The minimum atomic E-state index is 0.192. The molecule has 0 aliphatic heterocycles. The first-order chi connectivity index (χ1) is 9.12. The number of carbonyl (C=O) groups excluding carboxylic acids is 1. The van der Waals surface area contributed by atoms with Crippen molar-refractivity contribution in [3.8, 4) is 5.75 Å². The second-order valence-electron chi connectivity index (χ2n) is 4.37. The van der Waals surface area contributed by atoms with E-state index in [-0.39, 0.29) is 5.91 Å². The number of anilines is 1. The summed E-state index contributed by atoms with van der Waals surface area (Å²) in [6.45, 7) is 8.05. The Morgan fingerprint density at radius 2 is 1.95 bits per heavy atom. The van der Waals surface area contributed by atoms with E-state index in [9.17, 15) is 4.79 Å². The zero-order chi connectivity index (χ0) is 14.3. The quantitative estimate of drug-likeness (QED) is 0.770. The van der Waals surface area contributed by atoms with Crippen LogP contribution in [0.5, 0.6) is 5.75 Å². The maximum Gasteiger partial charge on any atom is 0.222 e. The summed E-state index contributed by atoms with van der Waals surface area (Å²) in [5.74, 6) is 0.902. The second-order valence-corrected chi connectivity index (χ2v) is 4.37. The highest BCUT2D eigenvalue weighted by molar-refractivity contribution is 5.76. The summed E-state index contributed by atoms with van der Waals surface area (Å²) in [7, 11) is 0. The molecule has 0 aliphatic carbocycles. The Labute approximate surface area is 115 Å². The fourth-order valence-corrected chi connectivity index (χ4v) is 2.03. The van der Waals surface area contributed by atoms with E-state index < -0.39 is 0 Å². The summed E-state index contributed by atoms with van der Waals surface area (Å²) in [5.41, 5.74) is 7.61. The molecule has 0 fully saturated rings. The number of nitrogens with zero attached hydrogens (tertiary/aromatic N) is 1. The molecule has 0 saturated heterocycles. The van der Waals surface area contributed by atoms with Crippen molar-refractivity contribution < 1.29 is 9.53 Å². The third kappa shape index (κ3) is 4.47. The fourth-order valence-electron chi connectivity index (χ4n) is 2.03. The van der Waals surface area contributed by atoms with Gasteiger partial charge in [0.2, 0.25) is 5.91 Å². The maximum atomic E-state index is 11.9. The predicted octanol–water partition coefficient (Wildman–Crippen LogP) is 2.47. The smallest absolute Gasteiger partial charge is 0.222 e. The van der Waals surface area contributed by atoms with Gasteiger partial charge in [-0.25, -0.2) is 0 Å². The minimum absolute atomic E-state index is 0.192. The molecule has 0 saturated carbocycles. The third-order valence-corrected chi connectivity index (χ3v) is 3.12. The van der Waals surface area contributed by atoms with Crippen LogP contribution >= 0.6 is 0 Å². The summed E-state index contributed by atoms with van der Waals surface area (Å²) < 4.78 is 5.39. The van der Waals surface area contributed by atoms with Gasteiger partial charge in [0.25, 0.3) is 0 Å². The Morgan fingerprint density at radius 3 is 2.47 bits per heavy atom. The molecule has 4 heteroatoms. The number of amides is 1. The number of ether oxygens (including phenoxy) is 1. The maximum absolute atomic E-state index is 11.9. The molecule has 0 aliphatic rings. The lowest BCUT2D eigenvalue weighted by Crippen LogP contribution is -2.30. The number of carbonyl (C=O) groups is 1. The van der Waals surface area contributed by atoms with Gasteiger partial charge in [0.15, 0.2) is 0 Å². The summed E-state index contributed by atoms with van der Waals surface area (Å²) in [4.78, 5) is 13.7. The van der Waals surface area contributed by atoms with Crippen LogP contribution in [0.15, 0.2) is 18.2 Å². The highest BCUT2D eigenvalue weighted by Crippen LogP contribution is 2.23. The fraction of sp³-hybridized carbons (Fsp3) is 0.533. The molecule has 0 spiro atoms. The van der Waals surface area contributed by atoms with Gasteiger partial charge in [-0.3, -0.25) is 4.79 Å². The van der Waals surface area contributed by atoms with Crippen LogP contribution in [-0.2, 0) is 11.2 Å². The molecular weight excluding hydrogens is 240 g/mol. The Balaban J connectivity index is 2.58. The van der Waals surface area contributed by atoms with E-state index in [0.29, 0.717) is 30.9 Å². The summed E-state index contributed by atoms with van der Waals surface area (Å²) in [6.07, 6.45) is 1.24. The molecule has 19 heavy (non-hydrogen) atoms. The van der Waals surface area contributed by atoms with Gasteiger partial charge >= 0.3 is 0 Å². The predicted molar refractivity (Wildman–Crippen MR) is 78.3 cm³/mol. The summed E-state index contributed by atoms with van der Waals surface area (Å²) in [5, 5.41) is 0. The summed E-state index contributed by atoms with van der Waals surface area (Å²) in [6, 6.07) is 5.73. The van der Waals surface area contributed by atoms with Crippen LogP contribution < -0.4 is 10.5 Å². The molecule has 1 rings (SSSR count). The number of hydrogen-bond donors (Lipinski definition) is 1. The van der Waals surface area contributed by atoms with Crippen molar-refractivity contribution in [1.82, 2.24) is 4.90 Å². The van der Waals surface area contributed by atoms with E-state index in [2.05, 4.69) is 0 Å². The molecule has 1 aromatic rings. The number of hydrogen-bond acceptors (Lipinski definition) is 3. The molecule has 0 aromatic heterocycles. The van der Waals surface area contributed by atoms with Gasteiger partial charge in [0.1, 0.15) is 5.75 Å². The molecule has 0 unspecified atom stereocenters. The van der Waals surface area contributed by atoms with Gasteiger partial charge in [-0.15, -0.1) is 0 Å². The van der Waals surface area contributed by atoms with E-state index in [4.69, 9.17) is 10.5 Å². The number of aryl methyl sites for hydroxylation is 1. The van der Waals surface area contributed by atoms with Crippen LogP contribution in [0.4, 0.5) is 5.69 Å². The molecular formula is C15H24N2O2.